The van der Waals surface area contributed by atoms with Gasteiger partial charge in [0.25, 0.3) is 5.91 Å². The molecule has 11 nitrogen and oxygen atoms in total. The number of carbonyl (C=O) groups excluding carboxylic acids is 1. The van der Waals surface area contributed by atoms with Crippen LogP contribution in [0.25, 0.3) is 21.8 Å². The third kappa shape index (κ3) is 5.05. The first-order valence-electron chi connectivity index (χ1n) is 11.6. The molecule has 4 N–H and O–H groups in total. The van der Waals surface area contributed by atoms with Crippen molar-refractivity contribution >= 4 is 39.1 Å². The molecule has 0 unspecified atom stereocenters. The monoisotopic (exact) mass is 503 g/mol. The molecular formula is C25H26FN9O2. The first kappa shape index (κ1) is 24.1. The predicted octanol–water partition coefficient (Wildman–Crippen LogP) is 2.98. The van der Waals surface area contributed by atoms with Crippen LogP contribution < -0.4 is 21.1 Å². The van der Waals surface area contributed by atoms with Crippen molar-refractivity contribution in [3.05, 3.63) is 66.3 Å². The normalized spacial score (nSPS) is 12.1. The molecule has 0 radical (unpaired) electrons. The highest BCUT2D eigenvalue weighted by Crippen LogP contribution is 2.28. The zero-order valence-electron chi connectivity index (χ0n) is 20.6. The number of imidazole rings is 1. The first-order valence-corrected chi connectivity index (χ1v) is 11.6. The molecule has 190 valence electrons. The fourth-order valence-electron chi connectivity index (χ4n) is 3.93. The van der Waals surface area contributed by atoms with Crippen LogP contribution in [0.5, 0.6) is 6.01 Å². The lowest BCUT2D eigenvalue weighted by Gasteiger charge is -2.15. The van der Waals surface area contributed by atoms with E-state index in [9.17, 15) is 9.18 Å². The third-order valence-electron chi connectivity index (χ3n) is 5.79. The van der Waals surface area contributed by atoms with Gasteiger partial charge in [0.1, 0.15) is 12.1 Å². The minimum absolute atomic E-state index is 0.0854. The van der Waals surface area contributed by atoms with Gasteiger partial charge in [-0.15, -0.1) is 0 Å². The second kappa shape index (κ2) is 9.82. The number of amides is 1. The van der Waals surface area contributed by atoms with Crippen molar-refractivity contribution in [2.24, 2.45) is 19.8 Å². The van der Waals surface area contributed by atoms with E-state index in [1.807, 2.05) is 18.5 Å². The molecule has 0 bridgehead atoms. The summed E-state index contributed by atoms with van der Waals surface area (Å²) in [6, 6.07) is 6.35. The Morgan fingerprint density at radius 1 is 1.22 bits per heavy atom. The van der Waals surface area contributed by atoms with Crippen LogP contribution in [-0.2, 0) is 20.7 Å². The van der Waals surface area contributed by atoms with Gasteiger partial charge in [-0.2, -0.15) is 10.1 Å². The van der Waals surface area contributed by atoms with E-state index in [0.717, 1.165) is 11.4 Å². The van der Waals surface area contributed by atoms with Gasteiger partial charge in [-0.05, 0) is 31.2 Å². The maximum atomic E-state index is 14.6. The van der Waals surface area contributed by atoms with Crippen molar-refractivity contribution in [1.82, 2.24) is 29.3 Å². The van der Waals surface area contributed by atoms with E-state index in [1.165, 1.54) is 10.7 Å². The summed E-state index contributed by atoms with van der Waals surface area (Å²) in [5.41, 5.74) is 8.66. The molecule has 0 fully saturated rings. The molecule has 3 aromatic heterocycles. The number of aromatic nitrogens is 6. The van der Waals surface area contributed by atoms with Crippen LogP contribution in [0, 0.1) is 5.82 Å². The van der Waals surface area contributed by atoms with Gasteiger partial charge in [0, 0.05) is 61.2 Å². The Bertz CT molecular complexity index is 1610. The van der Waals surface area contributed by atoms with Crippen molar-refractivity contribution in [3.63, 3.8) is 0 Å². The molecule has 0 aliphatic rings. The molecule has 2 aromatic carbocycles. The fourth-order valence-corrected chi connectivity index (χ4v) is 3.93. The molecule has 37 heavy (non-hydrogen) atoms. The Morgan fingerprint density at radius 2 is 2.05 bits per heavy atom. The average molecular weight is 504 g/mol. The number of hydrogen-bond donors (Lipinski definition) is 3. The summed E-state index contributed by atoms with van der Waals surface area (Å²) in [6.07, 6.45) is 6.64. The van der Waals surface area contributed by atoms with Gasteiger partial charge in [0.05, 0.1) is 29.3 Å². The molecule has 1 amide bonds. The number of nitrogens with two attached hydrogens (primary N) is 1. The van der Waals surface area contributed by atoms with Gasteiger partial charge in [0.2, 0.25) is 0 Å². The number of nitrogens with zero attached hydrogens (tertiary/aromatic N) is 6. The number of fused-ring (bicyclic) bond motifs is 2. The summed E-state index contributed by atoms with van der Waals surface area (Å²) in [4.78, 5) is 26.3. The maximum Gasteiger partial charge on any atom is 0.317 e. The van der Waals surface area contributed by atoms with Crippen LogP contribution >= 0.6 is 0 Å². The van der Waals surface area contributed by atoms with Gasteiger partial charge < -0.3 is 25.7 Å². The summed E-state index contributed by atoms with van der Waals surface area (Å²) >= 11 is 0. The Kier molecular flexibility index (Phi) is 6.40. The summed E-state index contributed by atoms with van der Waals surface area (Å²) in [5.74, 6) is -0.982. The quantitative estimate of drug-likeness (QED) is 0.294. The molecule has 0 saturated carbocycles. The number of carbonyl (C=O) groups is 1. The highest BCUT2D eigenvalue weighted by atomic mass is 19.1. The maximum absolute atomic E-state index is 14.6. The van der Waals surface area contributed by atoms with E-state index in [1.54, 1.807) is 50.2 Å². The van der Waals surface area contributed by atoms with Gasteiger partial charge in [0.15, 0.2) is 5.82 Å². The van der Waals surface area contributed by atoms with E-state index >= 15 is 0 Å². The topological polar surface area (TPSA) is 138 Å². The largest absolute Gasteiger partial charge is 0.457 e. The van der Waals surface area contributed by atoms with Crippen LogP contribution in [-0.4, -0.2) is 47.8 Å². The fraction of sp³-hybridized carbons (Fsp3) is 0.240. The van der Waals surface area contributed by atoms with Crippen molar-refractivity contribution in [2.75, 3.05) is 17.2 Å². The van der Waals surface area contributed by atoms with E-state index in [2.05, 4.69) is 30.7 Å². The number of aryl methyl sites for hydroxylation is 2. The Morgan fingerprint density at radius 3 is 2.81 bits per heavy atom. The number of rotatable bonds is 8. The van der Waals surface area contributed by atoms with Crippen LogP contribution in [0.4, 0.5) is 15.8 Å². The average Bonchev–Trinajstić information content (AvgIpc) is 3.45. The number of anilines is 2. The number of hydrogen-bond acceptors (Lipinski definition) is 8. The summed E-state index contributed by atoms with van der Waals surface area (Å²) in [5, 5.41) is 11.3. The van der Waals surface area contributed by atoms with Gasteiger partial charge in [-0.25, -0.2) is 14.4 Å². The molecular weight excluding hydrogens is 477 g/mol. The lowest BCUT2D eigenvalue weighted by atomic mass is 10.1. The molecule has 5 rings (SSSR count). The van der Waals surface area contributed by atoms with Crippen LogP contribution in [0.2, 0.25) is 0 Å². The van der Waals surface area contributed by atoms with Crippen LogP contribution in [0.1, 0.15) is 23.0 Å². The number of ether oxygens (including phenoxy) is 1. The molecule has 12 heteroatoms. The molecule has 0 aliphatic carbocycles. The Balaban J connectivity index is 1.49. The summed E-state index contributed by atoms with van der Waals surface area (Å²) in [6.45, 7) is 2.61. The minimum atomic E-state index is -0.526. The smallest absolute Gasteiger partial charge is 0.317 e. The second-order valence-corrected chi connectivity index (χ2v) is 8.87. The Labute approximate surface area is 211 Å². The number of nitrogens with one attached hydrogen (secondary N) is 2. The molecule has 3 heterocycles. The first-order chi connectivity index (χ1) is 17.8. The lowest BCUT2D eigenvalue weighted by molar-refractivity contribution is 0.102. The number of halogens is 1. The highest BCUT2D eigenvalue weighted by Gasteiger charge is 2.18. The molecule has 0 aliphatic heterocycles. The van der Waals surface area contributed by atoms with Crippen molar-refractivity contribution in [3.8, 4) is 6.01 Å². The van der Waals surface area contributed by atoms with Crippen molar-refractivity contribution in [2.45, 2.75) is 19.6 Å². The Hall–Kier alpha value is -4.58. The highest BCUT2D eigenvalue weighted by molar-refractivity contribution is 6.14. The summed E-state index contributed by atoms with van der Waals surface area (Å²) < 4.78 is 23.7. The van der Waals surface area contributed by atoms with Gasteiger partial charge >= 0.3 is 6.01 Å². The van der Waals surface area contributed by atoms with E-state index in [-0.39, 0.29) is 29.7 Å². The zero-order valence-corrected chi connectivity index (χ0v) is 20.6. The molecule has 0 spiro atoms. The predicted molar refractivity (Wildman–Crippen MR) is 138 cm³/mol. The van der Waals surface area contributed by atoms with Crippen LogP contribution in [0.3, 0.4) is 0 Å². The van der Waals surface area contributed by atoms with E-state index in [4.69, 9.17) is 10.5 Å². The van der Waals surface area contributed by atoms with Crippen LogP contribution in [0.15, 0.2) is 49.2 Å². The van der Waals surface area contributed by atoms with E-state index in [0.29, 0.717) is 28.5 Å². The van der Waals surface area contributed by atoms with E-state index < -0.39 is 11.7 Å². The third-order valence-corrected chi connectivity index (χ3v) is 5.79. The van der Waals surface area contributed by atoms with Gasteiger partial charge in [-0.1, -0.05) is 0 Å². The molecule has 0 saturated heterocycles. The lowest BCUT2D eigenvalue weighted by Crippen LogP contribution is -2.25. The standard InChI is InChI=1S/C25H26FN9O2/c1-14(27)8-29-21-5-4-18(24(36)31-16-6-15-11-35(3)33-22(15)20(26)7-16)23-19(21)10-30-25(32-23)37-12-17-9-28-13-34(17)2/h4-7,9-11,13-14,29H,8,12,27H2,1-3H3,(H,31,36)/t14-/m1/s1. The molecule has 1 atom stereocenters. The zero-order chi connectivity index (χ0) is 26.1. The SMILES string of the molecule is C[C@@H](N)CNc1ccc(C(=O)Nc2cc(F)c3nn(C)cc3c2)c2nc(OCc3cncn3C)ncc12. The van der Waals surface area contributed by atoms with Crippen molar-refractivity contribution < 1.29 is 13.9 Å². The second-order valence-electron chi connectivity index (χ2n) is 8.87. The minimum Gasteiger partial charge on any atom is -0.457 e. The summed E-state index contributed by atoms with van der Waals surface area (Å²) in [7, 11) is 3.57. The number of benzene rings is 2. The van der Waals surface area contributed by atoms with Gasteiger partial charge in [-0.3, -0.25) is 9.48 Å². The van der Waals surface area contributed by atoms with Crippen molar-refractivity contribution in [1.29, 1.82) is 0 Å². The molecule has 5 aromatic rings.